The van der Waals surface area contributed by atoms with Crippen LogP contribution in [0.4, 0.5) is 5.69 Å². The molecule has 0 unspecified atom stereocenters. The third-order valence-corrected chi connectivity index (χ3v) is 3.12. The van der Waals surface area contributed by atoms with Crippen molar-refractivity contribution < 1.29 is 0 Å². The number of nitrogens with one attached hydrogen (secondary N) is 2. The molecular formula is C15H15N5. The fourth-order valence-electron chi connectivity index (χ4n) is 2.20. The van der Waals surface area contributed by atoms with E-state index in [9.17, 15) is 0 Å². The summed E-state index contributed by atoms with van der Waals surface area (Å²) in [5.74, 6) is -0.0553. The van der Waals surface area contributed by atoms with E-state index >= 15 is 0 Å². The maximum Gasteiger partial charge on any atom is 0.190 e. The van der Waals surface area contributed by atoms with Gasteiger partial charge in [0.25, 0.3) is 0 Å². The number of rotatable bonds is 3. The Balaban J connectivity index is 1.82. The molecule has 0 atom stereocenters. The summed E-state index contributed by atoms with van der Waals surface area (Å²) < 4.78 is 2.16. The molecule has 100 valence electrons. The zero-order valence-corrected chi connectivity index (χ0v) is 10.9. The molecule has 0 saturated heterocycles. The third-order valence-electron chi connectivity index (χ3n) is 3.12. The summed E-state index contributed by atoms with van der Waals surface area (Å²) in [4.78, 5) is 4.32. The lowest BCUT2D eigenvalue weighted by Gasteiger charge is -2.07. The van der Waals surface area contributed by atoms with Gasteiger partial charge >= 0.3 is 0 Å². The number of aromatic nitrogens is 2. The van der Waals surface area contributed by atoms with Crippen molar-refractivity contribution in [1.82, 2.24) is 9.55 Å². The summed E-state index contributed by atoms with van der Waals surface area (Å²) in [6.07, 6.45) is 3.84. The number of nitrogens with two attached hydrogens (primary N) is 1. The van der Waals surface area contributed by atoms with Gasteiger partial charge in [-0.1, -0.05) is 12.1 Å². The van der Waals surface area contributed by atoms with Crippen LogP contribution in [0.5, 0.6) is 0 Å². The third kappa shape index (κ3) is 2.47. The Morgan fingerprint density at radius 3 is 2.75 bits per heavy atom. The van der Waals surface area contributed by atoms with E-state index in [2.05, 4.69) is 20.9 Å². The van der Waals surface area contributed by atoms with Crippen molar-refractivity contribution in [1.29, 1.82) is 5.41 Å². The second-order valence-electron chi connectivity index (χ2n) is 4.59. The number of pyridine rings is 1. The molecule has 0 spiro atoms. The minimum atomic E-state index is -0.0553. The fraction of sp³-hybridized carbons (Fsp3) is 0.0667. The maximum atomic E-state index is 7.19. The van der Waals surface area contributed by atoms with Gasteiger partial charge < -0.3 is 15.6 Å². The molecule has 3 rings (SSSR count). The summed E-state index contributed by atoms with van der Waals surface area (Å²) in [5.41, 5.74) is 9.42. The number of guanidine groups is 1. The number of hydrogen-bond acceptors (Lipinski definition) is 2. The highest BCUT2D eigenvalue weighted by Gasteiger charge is 2.02. The van der Waals surface area contributed by atoms with Gasteiger partial charge in [0, 0.05) is 24.6 Å². The van der Waals surface area contributed by atoms with E-state index in [0.717, 1.165) is 23.3 Å². The van der Waals surface area contributed by atoms with Crippen LogP contribution in [0.25, 0.3) is 11.0 Å². The molecule has 0 radical (unpaired) electrons. The Bertz CT molecular complexity index is 742. The van der Waals surface area contributed by atoms with Crippen molar-refractivity contribution in [3.63, 3.8) is 0 Å². The van der Waals surface area contributed by atoms with E-state index in [4.69, 9.17) is 11.1 Å². The summed E-state index contributed by atoms with van der Waals surface area (Å²) >= 11 is 0. The first-order valence-electron chi connectivity index (χ1n) is 6.32. The Kier molecular flexibility index (Phi) is 3.09. The molecular weight excluding hydrogens is 250 g/mol. The molecule has 4 N–H and O–H groups in total. The van der Waals surface area contributed by atoms with Gasteiger partial charge in [-0.05, 0) is 35.9 Å². The Labute approximate surface area is 116 Å². The molecule has 2 heterocycles. The Morgan fingerprint density at radius 1 is 1.20 bits per heavy atom. The second-order valence-corrected chi connectivity index (χ2v) is 4.59. The first-order chi connectivity index (χ1) is 9.72. The van der Waals surface area contributed by atoms with Gasteiger partial charge in [0.05, 0.1) is 11.0 Å². The largest absolute Gasteiger partial charge is 0.370 e. The standard InChI is InChI=1S/C15H15N5/c16-15(17)19-12-5-3-11(4-6-12)10-20-9-7-13-14(20)2-1-8-18-13/h1-9H,10H2,(H4,16,17,19). The highest BCUT2D eigenvalue weighted by atomic mass is 15.0. The molecule has 0 amide bonds. The van der Waals surface area contributed by atoms with Crippen LogP contribution < -0.4 is 11.1 Å². The molecule has 0 aliphatic heterocycles. The molecule has 0 bridgehead atoms. The first kappa shape index (κ1) is 12.2. The van der Waals surface area contributed by atoms with Gasteiger partial charge in [-0.25, -0.2) is 0 Å². The van der Waals surface area contributed by atoms with E-state index in [1.54, 1.807) is 6.20 Å². The van der Waals surface area contributed by atoms with Gasteiger partial charge in [0.1, 0.15) is 0 Å². The van der Waals surface area contributed by atoms with Gasteiger partial charge in [0.15, 0.2) is 5.96 Å². The van der Waals surface area contributed by atoms with Crippen LogP contribution in [-0.2, 0) is 6.54 Å². The molecule has 3 aromatic rings. The predicted octanol–water partition coefficient (Wildman–Crippen LogP) is 2.39. The van der Waals surface area contributed by atoms with Gasteiger partial charge in [-0.15, -0.1) is 0 Å². The van der Waals surface area contributed by atoms with E-state index in [1.807, 2.05) is 42.6 Å². The van der Waals surface area contributed by atoms with Gasteiger partial charge in [0.2, 0.25) is 0 Å². The van der Waals surface area contributed by atoms with Crippen LogP contribution in [0.15, 0.2) is 54.9 Å². The molecule has 20 heavy (non-hydrogen) atoms. The molecule has 1 aromatic carbocycles. The van der Waals surface area contributed by atoms with Crippen molar-refractivity contribution >= 4 is 22.7 Å². The summed E-state index contributed by atoms with van der Waals surface area (Å²) in [7, 11) is 0. The smallest absolute Gasteiger partial charge is 0.190 e. The van der Waals surface area contributed by atoms with Crippen molar-refractivity contribution in [2.45, 2.75) is 6.54 Å². The molecule has 5 nitrogen and oxygen atoms in total. The molecule has 2 aromatic heterocycles. The number of anilines is 1. The minimum Gasteiger partial charge on any atom is -0.370 e. The zero-order chi connectivity index (χ0) is 13.9. The van der Waals surface area contributed by atoms with E-state index in [1.165, 1.54) is 5.56 Å². The summed E-state index contributed by atoms with van der Waals surface area (Å²) in [6.45, 7) is 0.787. The highest BCUT2D eigenvalue weighted by Crippen LogP contribution is 2.16. The van der Waals surface area contributed by atoms with Crippen LogP contribution in [0, 0.1) is 5.41 Å². The number of fused-ring (bicyclic) bond motifs is 1. The Hall–Kier alpha value is -2.82. The average molecular weight is 265 g/mol. The van der Waals surface area contributed by atoms with E-state index in [-0.39, 0.29) is 5.96 Å². The maximum absolute atomic E-state index is 7.19. The Morgan fingerprint density at radius 2 is 2.00 bits per heavy atom. The topological polar surface area (TPSA) is 79.7 Å². The van der Waals surface area contributed by atoms with E-state index < -0.39 is 0 Å². The lowest BCUT2D eigenvalue weighted by molar-refractivity contribution is 0.836. The average Bonchev–Trinajstić information content (AvgIpc) is 2.84. The van der Waals surface area contributed by atoms with E-state index in [0.29, 0.717) is 0 Å². The molecule has 0 fully saturated rings. The SMILES string of the molecule is N=C(N)Nc1ccc(Cn2ccc3ncccc32)cc1. The molecule has 5 heteroatoms. The van der Waals surface area contributed by atoms with Crippen LogP contribution in [0.1, 0.15) is 5.56 Å². The first-order valence-corrected chi connectivity index (χ1v) is 6.32. The van der Waals surface area contributed by atoms with Crippen molar-refractivity contribution in [2.75, 3.05) is 5.32 Å². The second kappa shape index (κ2) is 5.05. The number of hydrogen-bond donors (Lipinski definition) is 3. The fourth-order valence-corrected chi connectivity index (χ4v) is 2.20. The van der Waals surface area contributed by atoms with Crippen LogP contribution in [-0.4, -0.2) is 15.5 Å². The monoisotopic (exact) mass is 265 g/mol. The van der Waals surface area contributed by atoms with Crippen LogP contribution in [0.2, 0.25) is 0 Å². The highest BCUT2D eigenvalue weighted by molar-refractivity contribution is 5.89. The predicted molar refractivity (Wildman–Crippen MR) is 80.8 cm³/mol. The normalized spacial score (nSPS) is 10.6. The molecule has 0 aliphatic carbocycles. The van der Waals surface area contributed by atoms with Crippen LogP contribution >= 0.6 is 0 Å². The molecule has 0 saturated carbocycles. The van der Waals surface area contributed by atoms with Crippen LogP contribution in [0.3, 0.4) is 0 Å². The van der Waals surface area contributed by atoms with Crippen molar-refractivity contribution in [2.24, 2.45) is 5.73 Å². The minimum absolute atomic E-state index is 0.0553. The zero-order valence-electron chi connectivity index (χ0n) is 10.9. The summed E-state index contributed by atoms with van der Waals surface area (Å²) in [5, 5.41) is 9.95. The van der Waals surface area contributed by atoms with Gasteiger partial charge in [-0.3, -0.25) is 10.4 Å². The molecule has 0 aliphatic rings. The van der Waals surface area contributed by atoms with Crippen molar-refractivity contribution in [3.8, 4) is 0 Å². The lowest BCUT2D eigenvalue weighted by Crippen LogP contribution is -2.20. The lowest BCUT2D eigenvalue weighted by atomic mass is 10.2. The number of benzene rings is 1. The van der Waals surface area contributed by atoms with Crippen molar-refractivity contribution in [3.05, 3.63) is 60.4 Å². The summed E-state index contributed by atoms with van der Waals surface area (Å²) in [6, 6.07) is 13.9. The number of nitrogens with zero attached hydrogens (tertiary/aromatic N) is 2. The van der Waals surface area contributed by atoms with Gasteiger partial charge in [-0.2, -0.15) is 0 Å². The quantitative estimate of drug-likeness (QED) is 0.502.